The van der Waals surface area contributed by atoms with Gasteiger partial charge in [0, 0.05) is 44.2 Å². The van der Waals surface area contributed by atoms with E-state index in [0.717, 1.165) is 62.8 Å². The minimum Gasteiger partial charge on any atom is -0.343 e. The zero-order valence-corrected chi connectivity index (χ0v) is 21.6. The average Bonchev–Trinajstić information content (AvgIpc) is 3.50. The topological polar surface area (TPSA) is 74.8 Å². The first-order valence-corrected chi connectivity index (χ1v) is 14.9. The zero-order valence-electron chi connectivity index (χ0n) is 19.3. The molecule has 2 aliphatic heterocycles. The third-order valence-corrected chi connectivity index (χ3v) is 10.6. The average molecular weight is 521 g/mol. The molecule has 9 heteroatoms. The normalized spacial score (nSPS) is 20.2. The van der Waals surface area contributed by atoms with Crippen molar-refractivity contribution < 1.29 is 18.0 Å². The molecule has 34 heavy (non-hydrogen) atoms. The number of fused-ring (bicyclic) bond motifs is 1. The van der Waals surface area contributed by atoms with Gasteiger partial charge in [-0.25, -0.2) is 8.42 Å². The molecule has 182 valence electrons. The second-order valence-corrected chi connectivity index (χ2v) is 13.4. The highest BCUT2D eigenvalue weighted by Crippen LogP contribution is 2.42. The van der Waals surface area contributed by atoms with Crippen LogP contribution in [0.15, 0.2) is 34.5 Å². The maximum absolute atomic E-state index is 13.1. The molecule has 2 aromatic rings. The summed E-state index contributed by atoms with van der Waals surface area (Å²) in [5.74, 6) is 0.450. The molecule has 0 bridgehead atoms. The molecule has 3 aliphatic rings. The van der Waals surface area contributed by atoms with E-state index in [1.807, 2.05) is 4.90 Å². The third kappa shape index (κ3) is 4.52. The van der Waals surface area contributed by atoms with E-state index < -0.39 is 9.84 Å². The van der Waals surface area contributed by atoms with Crippen molar-refractivity contribution in [1.29, 1.82) is 0 Å². The second-order valence-electron chi connectivity index (χ2n) is 10.1. The number of thiophene rings is 1. The molecule has 1 aromatic heterocycles. The summed E-state index contributed by atoms with van der Waals surface area (Å²) in [4.78, 5) is 30.2. The summed E-state index contributed by atoms with van der Waals surface area (Å²) in [6.45, 7) is 2.74. The molecule has 0 N–H and O–H groups in total. The van der Waals surface area contributed by atoms with Crippen LogP contribution in [0.2, 0.25) is 5.02 Å². The monoisotopic (exact) mass is 520 g/mol. The number of amides is 2. The molecule has 5 rings (SSSR count). The number of benzene rings is 1. The fourth-order valence-corrected chi connectivity index (χ4v) is 8.66. The standard InChI is InChI=1S/C25H29ClN2O4S2/c1-34(31,32)20-15-33-23(22(20)26)24(30)28-11-8-25(16-28)6-9-27(10-7-25)21(29)14-17-12-18-4-2-3-5-19(18)13-17/h2-5,15,17H,6-14,16H2,1H3. The van der Waals surface area contributed by atoms with E-state index in [9.17, 15) is 18.0 Å². The molecule has 0 saturated carbocycles. The van der Waals surface area contributed by atoms with E-state index >= 15 is 0 Å². The summed E-state index contributed by atoms with van der Waals surface area (Å²) in [6, 6.07) is 8.48. The van der Waals surface area contributed by atoms with E-state index in [2.05, 4.69) is 24.3 Å². The molecule has 1 aromatic carbocycles. The lowest BCUT2D eigenvalue weighted by molar-refractivity contribution is -0.134. The Bertz CT molecular complexity index is 1210. The first-order chi connectivity index (χ1) is 16.2. The van der Waals surface area contributed by atoms with Gasteiger partial charge >= 0.3 is 0 Å². The molecule has 2 amide bonds. The fourth-order valence-electron chi connectivity index (χ4n) is 5.78. The maximum atomic E-state index is 13.1. The van der Waals surface area contributed by atoms with Crippen molar-refractivity contribution in [2.24, 2.45) is 11.3 Å². The predicted octanol–water partition coefficient (Wildman–Crippen LogP) is 4.06. The Morgan fingerprint density at radius 2 is 1.65 bits per heavy atom. The molecule has 3 heterocycles. The van der Waals surface area contributed by atoms with Gasteiger partial charge in [0.05, 0.1) is 9.92 Å². The summed E-state index contributed by atoms with van der Waals surface area (Å²) < 4.78 is 23.7. The van der Waals surface area contributed by atoms with E-state index in [0.29, 0.717) is 30.3 Å². The van der Waals surface area contributed by atoms with Crippen LogP contribution in [0.25, 0.3) is 0 Å². The van der Waals surface area contributed by atoms with Gasteiger partial charge in [-0.3, -0.25) is 9.59 Å². The highest BCUT2D eigenvalue weighted by atomic mass is 35.5. The number of hydrogen-bond donors (Lipinski definition) is 0. The molecular formula is C25H29ClN2O4S2. The Morgan fingerprint density at radius 3 is 2.21 bits per heavy atom. The van der Waals surface area contributed by atoms with Crippen molar-refractivity contribution >= 4 is 44.6 Å². The summed E-state index contributed by atoms with van der Waals surface area (Å²) in [6.07, 6.45) is 6.36. The van der Waals surface area contributed by atoms with Crippen molar-refractivity contribution in [2.45, 2.75) is 43.4 Å². The highest BCUT2D eigenvalue weighted by molar-refractivity contribution is 7.91. The van der Waals surface area contributed by atoms with Crippen LogP contribution in [0.1, 0.15) is 46.5 Å². The molecule has 0 radical (unpaired) electrons. The third-order valence-electron chi connectivity index (χ3n) is 7.79. The van der Waals surface area contributed by atoms with E-state index in [1.165, 1.54) is 16.5 Å². The largest absolute Gasteiger partial charge is 0.343 e. The first-order valence-electron chi connectivity index (χ1n) is 11.8. The highest BCUT2D eigenvalue weighted by Gasteiger charge is 2.43. The molecule has 1 aliphatic carbocycles. The van der Waals surface area contributed by atoms with Crippen LogP contribution in [0.4, 0.5) is 0 Å². The Kier molecular flexibility index (Phi) is 6.27. The van der Waals surface area contributed by atoms with Gasteiger partial charge in [-0.1, -0.05) is 35.9 Å². The van der Waals surface area contributed by atoms with Crippen molar-refractivity contribution in [2.75, 3.05) is 32.4 Å². The molecule has 2 saturated heterocycles. The number of sulfone groups is 1. The van der Waals surface area contributed by atoms with Gasteiger partial charge in [0.15, 0.2) is 9.84 Å². The van der Waals surface area contributed by atoms with Crippen LogP contribution in [0.3, 0.4) is 0 Å². The summed E-state index contributed by atoms with van der Waals surface area (Å²) in [7, 11) is -3.47. The van der Waals surface area contributed by atoms with Crippen LogP contribution in [-0.4, -0.2) is 62.5 Å². The molecule has 0 atom stereocenters. The Morgan fingerprint density at radius 1 is 1.06 bits per heavy atom. The van der Waals surface area contributed by atoms with E-state index in [4.69, 9.17) is 11.6 Å². The number of hydrogen-bond acceptors (Lipinski definition) is 5. The zero-order chi connectivity index (χ0) is 24.1. The quantitative estimate of drug-likeness (QED) is 0.609. The molecule has 0 unspecified atom stereocenters. The van der Waals surface area contributed by atoms with Crippen molar-refractivity contribution in [3.8, 4) is 0 Å². The van der Waals surface area contributed by atoms with Gasteiger partial charge in [-0.2, -0.15) is 0 Å². The van der Waals surface area contributed by atoms with Crippen LogP contribution >= 0.6 is 22.9 Å². The van der Waals surface area contributed by atoms with Gasteiger partial charge in [-0.05, 0) is 54.6 Å². The Balaban J connectivity index is 1.16. The van der Waals surface area contributed by atoms with Gasteiger partial charge in [0.2, 0.25) is 5.91 Å². The second kappa shape index (κ2) is 8.95. The number of carbonyl (C=O) groups is 2. The molecule has 2 fully saturated rings. The number of halogens is 1. The minimum atomic E-state index is -3.47. The lowest BCUT2D eigenvalue weighted by atomic mass is 9.77. The molecular weight excluding hydrogens is 492 g/mol. The molecule has 1 spiro atoms. The van der Waals surface area contributed by atoms with E-state index in [1.54, 1.807) is 4.90 Å². The lowest BCUT2D eigenvalue weighted by Crippen LogP contribution is -2.45. The van der Waals surface area contributed by atoms with Gasteiger partial charge in [0.25, 0.3) is 5.91 Å². The van der Waals surface area contributed by atoms with Crippen LogP contribution < -0.4 is 0 Å². The van der Waals surface area contributed by atoms with Crippen LogP contribution in [0.5, 0.6) is 0 Å². The number of rotatable bonds is 4. The van der Waals surface area contributed by atoms with E-state index in [-0.39, 0.29) is 27.1 Å². The Hall–Kier alpha value is -1.90. The summed E-state index contributed by atoms with van der Waals surface area (Å²) in [5.41, 5.74) is 2.78. The summed E-state index contributed by atoms with van der Waals surface area (Å²) >= 11 is 7.35. The summed E-state index contributed by atoms with van der Waals surface area (Å²) in [5, 5.41) is 1.48. The number of carbonyl (C=O) groups excluding carboxylic acids is 2. The maximum Gasteiger partial charge on any atom is 0.265 e. The van der Waals surface area contributed by atoms with Gasteiger partial charge in [-0.15, -0.1) is 11.3 Å². The first kappa shape index (κ1) is 23.8. The smallest absolute Gasteiger partial charge is 0.265 e. The number of likely N-dealkylation sites (tertiary alicyclic amines) is 2. The minimum absolute atomic E-state index is 0.0219. The van der Waals surface area contributed by atoms with Crippen LogP contribution in [0, 0.1) is 11.3 Å². The number of nitrogens with zero attached hydrogens (tertiary/aromatic N) is 2. The van der Waals surface area contributed by atoms with Crippen molar-refractivity contribution in [3.63, 3.8) is 0 Å². The Labute approximate surface area is 209 Å². The van der Waals surface area contributed by atoms with Crippen LogP contribution in [-0.2, 0) is 27.5 Å². The number of piperidine rings is 1. The van der Waals surface area contributed by atoms with Gasteiger partial charge < -0.3 is 9.80 Å². The fraction of sp³-hybridized carbons (Fsp3) is 0.520. The predicted molar refractivity (Wildman–Crippen MR) is 133 cm³/mol. The van der Waals surface area contributed by atoms with Crippen molar-refractivity contribution in [3.05, 3.63) is 50.7 Å². The molecule has 6 nitrogen and oxygen atoms in total. The van der Waals surface area contributed by atoms with Crippen molar-refractivity contribution in [1.82, 2.24) is 9.80 Å². The van der Waals surface area contributed by atoms with Gasteiger partial charge in [0.1, 0.15) is 4.88 Å². The SMILES string of the molecule is CS(=O)(=O)c1csc(C(=O)N2CCC3(CCN(C(=O)CC4Cc5ccccc5C4)CC3)C2)c1Cl. The lowest BCUT2D eigenvalue weighted by Gasteiger charge is -2.39.